The molecule has 2 rings (SSSR count). The van der Waals surface area contributed by atoms with Crippen molar-refractivity contribution in [2.45, 2.75) is 6.42 Å². The van der Waals surface area contributed by atoms with Gasteiger partial charge >= 0.3 is 0 Å². The van der Waals surface area contributed by atoms with E-state index in [4.69, 9.17) is 23.2 Å². The van der Waals surface area contributed by atoms with Crippen LogP contribution in [0, 0.1) is 5.92 Å². The first-order valence-corrected chi connectivity index (χ1v) is 8.99. The molecule has 1 aromatic rings. The predicted octanol–water partition coefficient (Wildman–Crippen LogP) is 2.52. The zero-order valence-electron chi connectivity index (χ0n) is 11.8. The van der Waals surface area contributed by atoms with Gasteiger partial charge in [0.1, 0.15) is 0 Å². The van der Waals surface area contributed by atoms with Crippen molar-refractivity contribution in [2.24, 2.45) is 5.92 Å². The third-order valence-corrected chi connectivity index (χ3v) is 5.18. The maximum Gasteiger partial charge on any atom is 0.256 e. The van der Waals surface area contributed by atoms with E-state index >= 15 is 0 Å². The van der Waals surface area contributed by atoms with Crippen LogP contribution in [0.15, 0.2) is 30.2 Å². The van der Waals surface area contributed by atoms with Crippen LogP contribution >= 0.6 is 23.2 Å². The maximum absolute atomic E-state index is 12.5. The normalized spacial score (nSPS) is 18.5. The highest BCUT2D eigenvalue weighted by Gasteiger charge is 2.29. The molecule has 8 heteroatoms. The van der Waals surface area contributed by atoms with Crippen molar-refractivity contribution < 1.29 is 13.2 Å². The summed E-state index contributed by atoms with van der Waals surface area (Å²) in [6.45, 7) is 4.51. The van der Waals surface area contributed by atoms with E-state index in [-0.39, 0.29) is 23.9 Å². The van der Waals surface area contributed by atoms with E-state index in [0.717, 1.165) is 5.41 Å². The first-order chi connectivity index (χ1) is 10.3. The van der Waals surface area contributed by atoms with Gasteiger partial charge in [0.2, 0.25) is 10.0 Å². The summed E-state index contributed by atoms with van der Waals surface area (Å²) in [6.07, 6.45) is 0.716. The molecule has 1 heterocycles. The van der Waals surface area contributed by atoms with E-state index in [1.807, 2.05) is 0 Å². The van der Waals surface area contributed by atoms with Crippen molar-refractivity contribution in [3.63, 3.8) is 0 Å². The van der Waals surface area contributed by atoms with Crippen LogP contribution in [0.3, 0.4) is 0 Å². The van der Waals surface area contributed by atoms with Gasteiger partial charge < -0.3 is 4.90 Å². The lowest BCUT2D eigenvalue weighted by atomic mass is 10.1. The second-order valence-corrected chi connectivity index (χ2v) is 7.59. The monoisotopic (exact) mass is 362 g/mol. The number of amides is 1. The molecule has 0 saturated carbocycles. The molecular formula is C14H16Cl2N2O3S. The Bertz CT molecular complexity index is 671. The van der Waals surface area contributed by atoms with Crippen LogP contribution in [-0.2, 0) is 10.0 Å². The molecule has 1 aliphatic heterocycles. The largest absolute Gasteiger partial charge is 0.338 e. The molecule has 22 heavy (non-hydrogen) atoms. The molecule has 0 spiro atoms. The van der Waals surface area contributed by atoms with Gasteiger partial charge in [0.05, 0.1) is 15.6 Å². The number of rotatable bonds is 5. The molecular weight excluding hydrogens is 347 g/mol. The lowest BCUT2D eigenvalue weighted by Gasteiger charge is -2.18. The number of carbonyl (C=O) groups is 1. The first-order valence-electron chi connectivity index (χ1n) is 6.69. The average Bonchev–Trinajstić information content (AvgIpc) is 2.94. The van der Waals surface area contributed by atoms with Crippen molar-refractivity contribution in [1.29, 1.82) is 0 Å². The Morgan fingerprint density at radius 2 is 2.05 bits per heavy atom. The van der Waals surface area contributed by atoms with Gasteiger partial charge in [0.25, 0.3) is 5.91 Å². The highest BCUT2D eigenvalue weighted by molar-refractivity contribution is 7.92. The van der Waals surface area contributed by atoms with Crippen LogP contribution in [0.4, 0.5) is 0 Å². The number of sulfonamides is 1. The molecule has 5 nitrogen and oxygen atoms in total. The molecule has 1 saturated heterocycles. The zero-order valence-corrected chi connectivity index (χ0v) is 14.1. The molecule has 1 amide bonds. The maximum atomic E-state index is 12.5. The number of nitrogens with one attached hydrogen (secondary N) is 1. The molecule has 1 atom stereocenters. The lowest BCUT2D eigenvalue weighted by molar-refractivity contribution is 0.0788. The van der Waals surface area contributed by atoms with E-state index < -0.39 is 10.0 Å². The zero-order chi connectivity index (χ0) is 16.3. The third-order valence-electron chi connectivity index (χ3n) is 3.54. The van der Waals surface area contributed by atoms with Gasteiger partial charge in [0.15, 0.2) is 0 Å². The highest BCUT2D eigenvalue weighted by atomic mass is 35.5. The summed E-state index contributed by atoms with van der Waals surface area (Å²) < 4.78 is 25.1. The quantitative estimate of drug-likeness (QED) is 0.874. The van der Waals surface area contributed by atoms with Crippen molar-refractivity contribution >= 4 is 39.1 Å². The second kappa shape index (κ2) is 7.00. The minimum Gasteiger partial charge on any atom is -0.338 e. The smallest absolute Gasteiger partial charge is 0.256 e. The minimum absolute atomic E-state index is 0.0555. The Kier molecular flexibility index (Phi) is 5.50. The summed E-state index contributed by atoms with van der Waals surface area (Å²) in [5.74, 6) is -0.176. The van der Waals surface area contributed by atoms with Crippen molar-refractivity contribution in [2.75, 3.05) is 19.6 Å². The third kappa shape index (κ3) is 4.01. The Morgan fingerprint density at radius 1 is 1.41 bits per heavy atom. The number of hydrogen-bond acceptors (Lipinski definition) is 3. The Balaban J connectivity index is 2.01. The number of halogens is 2. The molecule has 0 radical (unpaired) electrons. The molecule has 1 N–H and O–H groups in total. The SMILES string of the molecule is C=CS(=O)(=O)NC[C@H]1CCN(C(=O)c2c(Cl)cccc2Cl)C1. The van der Waals surface area contributed by atoms with Crippen molar-refractivity contribution in [3.05, 3.63) is 45.8 Å². The van der Waals surface area contributed by atoms with Crippen LogP contribution in [0.25, 0.3) is 0 Å². The fourth-order valence-electron chi connectivity index (χ4n) is 2.34. The first kappa shape index (κ1) is 17.3. The van der Waals surface area contributed by atoms with Gasteiger partial charge in [-0.3, -0.25) is 4.79 Å². The molecule has 120 valence electrons. The number of nitrogens with zero attached hydrogens (tertiary/aromatic N) is 1. The molecule has 0 aliphatic carbocycles. The molecule has 1 aliphatic rings. The van der Waals surface area contributed by atoms with E-state index in [9.17, 15) is 13.2 Å². The number of benzene rings is 1. The summed E-state index contributed by atoms with van der Waals surface area (Å²) in [5.41, 5.74) is 0.290. The number of likely N-dealkylation sites (tertiary alicyclic amines) is 1. The number of hydrogen-bond donors (Lipinski definition) is 1. The van der Waals surface area contributed by atoms with Crippen LogP contribution in [-0.4, -0.2) is 38.9 Å². The van der Waals surface area contributed by atoms with Crippen LogP contribution in [0.1, 0.15) is 16.8 Å². The van der Waals surface area contributed by atoms with E-state index in [1.54, 1.807) is 23.1 Å². The number of carbonyl (C=O) groups excluding carboxylic acids is 1. The highest BCUT2D eigenvalue weighted by Crippen LogP contribution is 2.28. The van der Waals surface area contributed by atoms with Gasteiger partial charge in [0, 0.05) is 25.0 Å². The van der Waals surface area contributed by atoms with Crippen LogP contribution < -0.4 is 4.72 Å². The van der Waals surface area contributed by atoms with Crippen molar-refractivity contribution in [3.8, 4) is 0 Å². The molecule has 1 aromatic carbocycles. The van der Waals surface area contributed by atoms with Gasteiger partial charge in [-0.1, -0.05) is 35.8 Å². The van der Waals surface area contributed by atoms with Crippen LogP contribution in [0.5, 0.6) is 0 Å². The summed E-state index contributed by atoms with van der Waals surface area (Å²) in [7, 11) is -3.44. The van der Waals surface area contributed by atoms with Gasteiger partial charge in [-0.05, 0) is 24.5 Å². The standard InChI is InChI=1S/C14H16Cl2N2O3S/c1-2-22(20,21)17-8-10-6-7-18(9-10)14(19)13-11(15)4-3-5-12(13)16/h2-5,10,17H,1,6-9H2/t10-/m1/s1. The Hall–Kier alpha value is -1.08. The Morgan fingerprint density at radius 3 is 2.64 bits per heavy atom. The van der Waals surface area contributed by atoms with E-state index in [1.165, 1.54) is 0 Å². The summed E-state index contributed by atoms with van der Waals surface area (Å²) >= 11 is 12.1. The predicted molar refractivity (Wildman–Crippen MR) is 87.6 cm³/mol. The Labute approximate surface area is 139 Å². The summed E-state index contributed by atoms with van der Waals surface area (Å²) in [6, 6.07) is 4.91. The summed E-state index contributed by atoms with van der Waals surface area (Å²) in [5, 5.41) is 1.50. The van der Waals surface area contributed by atoms with Crippen LogP contribution in [0.2, 0.25) is 10.0 Å². The second-order valence-electron chi connectivity index (χ2n) is 5.06. The molecule has 0 unspecified atom stereocenters. The fourth-order valence-corrected chi connectivity index (χ4v) is 3.48. The topological polar surface area (TPSA) is 66.5 Å². The minimum atomic E-state index is -3.44. The lowest BCUT2D eigenvalue weighted by Crippen LogP contribution is -2.32. The van der Waals surface area contributed by atoms with Gasteiger partial charge in [-0.25, -0.2) is 13.1 Å². The fraction of sp³-hybridized carbons (Fsp3) is 0.357. The average molecular weight is 363 g/mol. The molecule has 0 aromatic heterocycles. The van der Waals surface area contributed by atoms with Gasteiger partial charge in [-0.2, -0.15) is 0 Å². The molecule has 0 bridgehead atoms. The van der Waals surface area contributed by atoms with Crippen molar-refractivity contribution in [1.82, 2.24) is 9.62 Å². The molecule has 1 fully saturated rings. The summed E-state index contributed by atoms with van der Waals surface area (Å²) in [4.78, 5) is 14.1. The van der Waals surface area contributed by atoms with Gasteiger partial charge in [-0.15, -0.1) is 0 Å². The van der Waals surface area contributed by atoms with E-state index in [2.05, 4.69) is 11.3 Å². The van der Waals surface area contributed by atoms with E-state index in [0.29, 0.717) is 29.6 Å².